The van der Waals surface area contributed by atoms with E-state index >= 15 is 0 Å². The fourth-order valence-corrected chi connectivity index (χ4v) is 3.19. The molecule has 7 heteroatoms. The molecule has 3 N–H and O–H groups in total. The summed E-state index contributed by atoms with van der Waals surface area (Å²) in [6.07, 6.45) is 0. The molecule has 0 saturated carbocycles. The van der Waals surface area contributed by atoms with Crippen LogP contribution >= 0.6 is 15.9 Å². The maximum atomic E-state index is 12.3. The largest absolute Gasteiger partial charge is 0.351 e. The highest BCUT2D eigenvalue weighted by atomic mass is 79.9. The lowest BCUT2D eigenvalue weighted by Gasteiger charge is -2.26. The van der Waals surface area contributed by atoms with Gasteiger partial charge in [-0.05, 0) is 31.5 Å². The predicted molar refractivity (Wildman–Crippen MR) is 87.6 cm³/mol. The first kappa shape index (κ1) is 18.1. The molecule has 1 rings (SSSR count). The van der Waals surface area contributed by atoms with Crippen LogP contribution in [0.3, 0.4) is 0 Å². The Kier molecular flexibility index (Phi) is 5.95. The molecule has 0 spiro atoms. The van der Waals surface area contributed by atoms with Crippen LogP contribution in [0.5, 0.6) is 0 Å². The second-order valence-corrected chi connectivity index (χ2v) is 8.60. The molecule has 0 aliphatic carbocycles. The number of rotatable bonds is 6. The van der Waals surface area contributed by atoms with E-state index in [0.717, 1.165) is 4.47 Å². The first-order chi connectivity index (χ1) is 9.58. The standard InChI is InChI=1S/C14H21BrN2O3S/c1-4-21(19,20)9-10(2)17-13(18)14(3,16)11-5-7-12(15)8-6-11/h5-8,10H,4,9,16H2,1-3H3,(H,17,18). The molecule has 0 aliphatic heterocycles. The summed E-state index contributed by atoms with van der Waals surface area (Å²) in [4.78, 5) is 12.3. The van der Waals surface area contributed by atoms with Crippen molar-refractivity contribution in [1.82, 2.24) is 5.32 Å². The average molecular weight is 377 g/mol. The van der Waals surface area contributed by atoms with Crippen molar-refractivity contribution in [2.75, 3.05) is 11.5 Å². The van der Waals surface area contributed by atoms with E-state index in [1.54, 1.807) is 45.0 Å². The Hall–Kier alpha value is -0.920. The summed E-state index contributed by atoms with van der Waals surface area (Å²) in [5.74, 6) is -0.436. The van der Waals surface area contributed by atoms with Crippen molar-refractivity contribution >= 4 is 31.7 Å². The Morgan fingerprint density at radius 3 is 2.38 bits per heavy atom. The predicted octanol–water partition coefficient (Wildman–Crippen LogP) is 1.56. The van der Waals surface area contributed by atoms with Crippen LogP contribution < -0.4 is 11.1 Å². The number of halogens is 1. The molecular formula is C14H21BrN2O3S. The molecule has 0 bridgehead atoms. The van der Waals surface area contributed by atoms with E-state index in [4.69, 9.17) is 5.73 Å². The van der Waals surface area contributed by atoms with Crippen molar-refractivity contribution in [1.29, 1.82) is 0 Å². The second-order valence-electron chi connectivity index (χ2n) is 5.28. The van der Waals surface area contributed by atoms with Gasteiger partial charge in [-0.2, -0.15) is 0 Å². The van der Waals surface area contributed by atoms with Gasteiger partial charge in [0.15, 0.2) is 9.84 Å². The Morgan fingerprint density at radius 1 is 1.38 bits per heavy atom. The number of carbonyl (C=O) groups is 1. The van der Waals surface area contributed by atoms with E-state index in [-0.39, 0.29) is 11.5 Å². The topological polar surface area (TPSA) is 89.3 Å². The van der Waals surface area contributed by atoms with Crippen molar-refractivity contribution in [2.24, 2.45) is 5.73 Å². The van der Waals surface area contributed by atoms with Gasteiger partial charge in [-0.3, -0.25) is 4.79 Å². The number of hydrogen-bond acceptors (Lipinski definition) is 4. The van der Waals surface area contributed by atoms with Crippen molar-refractivity contribution in [3.8, 4) is 0 Å². The van der Waals surface area contributed by atoms with Crippen LogP contribution in [0.2, 0.25) is 0 Å². The van der Waals surface area contributed by atoms with Gasteiger partial charge < -0.3 is 11.1 Å². The maximum Gasteiger partial charge on any atom is 0.244 e. The number of hydrogen-bond donors (Lipinski definition) is 2. The van der Waals surface area contributed by atoms with Gasteiger partial charge in [-0.1, -0.05) is 35.0 Å². The molecule has 0 aromatic heterocycles. The van der Waals surface area contributed by atoms with Gasteiger partial charge in [-0.25, -0.2) is 8.42 Å². The third kappa shape index (κ3) is 5.09. The molecule has 118 valence electrons. The van der Waals surface area contributed by atoms with Crippen LogP contribution in [0.15, 0.2) is 28.7 Å². The van der Waals surface area contributed by atoms with Crippen LogP contribution in [0.25, 0.3) is 0 Å². The minimum Gasteiger partial charge on any atom is -0.351 e. The number of carbonyl (C=O) groups excluding carboxylic acids is 1. The Labute approximate surface area is 134 Å². The highest BCUT2D eigenvalue weighted by Crippen LogP contribution is 2.20. The Bertz CT molecular complexity index is 597. The molecule has 2 atom stereocenters. The molecule has 21 heavy (non-hydrogen) atoms. The van der Waals surface area contributed by atoms with Crippen molar-refractivity contribution in [3.63, 3.8) is 0 Å². The minimum absolute atomic E-state index is 0.0554. The smallest absolute Gasteiger partial charge is 0.244 e. The quantitative estimate of drug-likeness (QED) is 0.788. The monoisotopic (exact) mass is 376 g/mol. The van der Waals surface area contributed by atoms with Crippen molar-refractivity contribution in [2.45, 2.75) is 32.4 Å². The Balaban J connectivity index is 2.80. The summed E-state index contributed by atoms with van der Waals surface area (Å²) >= 11 is 3.32. The summed E-state index contributed by atoms with van der Waals surface area (Å²) in [7, 11) is -3.14. The van der Waals surface area contributed by atoms with Gasteiger partial charge in [0, 0.05) is 16.3 Å². The highest BCUT2D eigenvalue weighted by Gasteiger charge is 2.31. The average Bonchev–Trinajstić information content (AvgIpc) is 2.38. The lowest BCUT2D eigenvalue weighted by atomic mass is 9.92. The first-order valence-electron chi connectivity index (χ1n) is 6.65. The zero-order valence-electron chi connectivity index (χ0n) is 12.4. The fourth-order valence-electron chi connectivity index (χ4n) is 1.84. The number of sulfone groups is 1. The molecule has 1 aromatic carbocycles. The van der Waals surface area contributed by atoms with Crippen LogP contribution in [-0.2, 0) is 20.2 Å². The number of amides is 1. The van der Waals surface area contributed by atoms with E-state index in [2.05, 4.69) is 21.2 Å². The molecule has 0 saturated heterocycles. The normalized spacial score (nSPS) is 16.0. The number of nitrogens with two attached hydrogens (primary N) is 1. The molecule has 1 aromatic rings. The summed E-state index contributed by atoms with van der Waals surface area (Å²) in [6, 6.07) is 6.65. The second kappa shape index (κ2) is 6.89. The van der Waals surface area contributed by atoms with Crippen LogP contribution in [0, 0.1) is 0 Å². The first-order valence-corrected chi connectivity index (χ1v) is 9.26. The van der Waals surface area contributed by atoms with Crippen molar-refractivity contribution in [3.05, 3.63) is 34.3 Å². The SMILES string of the molecule is CCS(=O)(=O)CC(C)NC(=O)C(C)(N)c1ccc(Br)cc1. The molecule has 0 radical (unpaired) electrons. The number of nitrogens with one attached hydrogen (secondary N) is 1. The molecule has 5 nitrogen and oxygen atoms in total. The van der Waals surface area contributed by atoms with E-state index in [0.29, 0.717) is 5.56 Å². The number of benzene rings is 1. The highest BCUT2D eigenvalue weighted by molar-refractivity contribution is 9.10. The molecule has 0 heterocycles. The summed E-state index contributed by atoms with van der Waals surface area (Å²) in [6.45, 7) is 4.84. The molecule has 2 unspecified atom stereocenters. The molecule has 0 fully saturated rings. The van der Waals surface area contributed by atoms with Gasteiger partial charge in [0.05, 0.1) is 5.75 Å². The fraction of sp³-hybridized carbons (Fsp3) is 0.500. The van der Waals surface area contributed by atoms with Crippen LogP contribution in [-0.4, -0.2) is 31.9 Å². The minimum atomic E-state index is -3.14. The van der Waals surface area contributed by atoms with E-state index in [1.807, 2.05) is 0 Å². The summed E-state index contributed by atoms with van der Waals surface area (Å²) < 4.78 is 24.0. The third-order valence-corrected chi connectivity index (χ3v) is 5.65. The lowest BCUT2D eigenvalue weighted by molar-refractivity contribution is -0.126. The molecule has 1 amide bonds. The van der Waals surface area contributed by atoms with E-state index < -0.39 is 27.3 Å². The van der Waals surface area contributed by atoms with Gasteiger partial charge in [0.2, 0.25) is 5.91 Å². The summed E-state index contributed by atoms with van der Waals surface area (Å²) in [5, 5.41) is 2.67. The summed E-state index contributed by atoms with van der Waals surface area (Å²) in [5.41, 5.74) is 5.54. The third-order valence-electron chi connectivity index (χ3n) is 3.24. The molecule has 0 aliphatic rings. The van der Waals surface area contributed by atoms with E-state index in [9.17, 15) is 13.2 Å². The van der Waals surface area contributed by atoms with Gasteiger partial charge in [-0.15, -0.1) is 0 Å². The lowest BCUT2D eigenvalue weighted by Crippen LogP contribution is -2.52. The zero-order valence-corrected chi connectivity index (χ0v) is 14.8. The van der Waals surface area contributed by atoms with Crippen molar-refractivity contribution < 1.29 is 13.2 Å². The van der Waals surface area contributed by atoms with E-state index in [1.165, 1.54) is 0 Å². The molecular weight excluding hydrogens is 356 g/mol. The Morgan fingerprint density at radius 2 is 1.90 bits per heavy atom. The maximum absolute atomic E-state index is 12.3. The van der Waals surface area contributed by atoms with Gasteiger partial charge in [0.25, 0.3) is 0 Å². The van der Waals surface area contributed by atoms with Gasteiger partial charge in [0.1, 0.15) is 5.54 Å². The van der Waals surface area contributed by atoms with Gasteiger partial charge >= 0.3 is 0 Å². The van der Waals surface area contributed by atoms with Crippen LogP contribution in [0.1, 0.15) is 26.3 Å². The van der Waals surface area contributed by atoms with Crippen LogP contribution in [0.4, 0.5) is 0 Å². The zero-order chi connectivity index (χ0) is 16.3.